The zero-order valence-corrected chi connectivity index (χ0v) is 6.44. The van der Waals surface area contributed by atoms with Crippen LogP contribution < -0.4 is 5.32 Å². The predicted octanol–water partition coefficient (Wildman–Crippen LogP) is 1.36. The highest BCUT2D eigenvalue weighted by atomic mass is 35.5. The molecule has 2 N–H and O–H groups in total. The van der Waals surface area contributed by atoms with Crippen molar-refractivity contribution in [1.29, 1.82) is 0 Å². The Morgan fingerprint density at radius 2 is 2.50 bits per heavy atom. The van der Waals surface area contributed by atoms with Crippen LogP contribution in [0.25, 0.3) is 0 Å². The van der Waals surface area contributed by atoms with Crippen LogP contribution in [-0.2, 0) is 0 Å². The molecular formula is C6H9ClN2O. The van der Waals surface area contributed by atoms with Crippen LogP contribution in [0, 0.1) is 0 Å². The van der Waals surface area contributed by atoms with E-state index in [9.17, 15) is 0 Å². The van der Waals surface area contributed by atoms with E-state index in [1.807, 2.05) is 6.92 Å². The second kappa shape index (κ2) is 2.92. The molecule has 0 radical (unpaired) electrons. The summed E-state index contributed by atoms with van der Waals surface area (Å²) in [4.78, 5) is 4.04. The first kappa shape index (κ1) is 7.41. The van der Waals surface area contributed by atoms with Crippen LogP contribution in [0.2, 0.25) is 0 Å². The average molecular weight is 161 g/mol. The van der Waals surface area contributed by atoms with Crippen molar-refractivity contribution in [2.24, 2.45) is 4.99 Å². The van der Waals surface area contributed by atoms with Crippen molar-refractivity contribution in [3.8, 4) is 0 Å². The summed E-state index contributed by atoms with van der Waals surface area (Å²) >= 11 is 5.55. The third-order valence-corrected chi connectivity index (χ3v) is 1.56. The Morgan fingerprint density at radius 1 is 1.80 bits per heavy atom. The van der Waals surface area contributed by atoms with Gasteiger partial charge < -0.3 is 10.4 Å². The molecule has 0 saturated carbocycles. The van der Waals surface area contributed by atoms with Gasteiger partial charge in [-0.1, -0.05) is 18.5 Å². The van der Waals surface area contributed by atoms with Crippen molar-refractivity contribution in [2.45, 2.75) is 13.3 Å². The summed E-state index contributed by atoms with van der Waals surface area (Å²) < 4.78 is 0. The molecule has 0 fully saturated rings. The Hall–Kier alpha value is -0.700. The van der Waals surface area contributed by atoms with Gasteiger partial charge in [0.25, 0.3) is 0 Å². The van der Waals surface area contributed by atoms with Gasteiger partial charge in [0.1, 0.15) is 5.84 Å². The maximum absolute atomic E-state index is 9.03. The summed E-state index contributed by atoms with van der Waals surface area (Å²) in [5.41, 5.74) is 0. The van der Waals surface area contributed by atoms with Crippen LogP contribution in [0.1, 0.15) is 13.3 Å². The van der Waals surface area contributed by atoms with E-state index in [-0.39, 0.29) is 5.88 Å². The molecule has 1 rings (SSSR count). The minimum atomic E-state index is 0.0357. The van der Waals surface area contributed by atoms with Gasteiger partial charge >= 0.3 is 0 Å². The average Bonchev–Trinajstić information content (AvgIpc) is 1.95. The van der Waals surface area contributed by atoms with Crippen molar-refractivity contribution in [3.63, 3.8) is 0 Å². The van der Waals surface area contributed by atoms with E-state index >= 15 is 0 Å². The molecule has 0 aromatic rings. The molecular weight excluding hydrogens is 152 g/mol. The van der Waals surface area contributed by atoms with Crippen LogP contribution in [0.4, 0.5) is 0 Å². The van der Waals surface area contributed by atoms with Gasteiger partial charge in [-0.25, -0.2) is 0 Å². The molecule has 3 nitrogen and oxygen atoms in total. The maximum Gasteiger partial charge on any atom is 0.206 e. The van der Waals surface area contributed by atoms with Crippen LogP contribution in [-0.4, -0.2) is 17.5 Å². The number of aliphatic imine (C=N–C) groups is 1. The number of hydrogen-bond donors (Lipinski definition) is 2. The highest BCUT2D eigenvalue weighted by Gasteiger charge is 2.09. The number of halogens is 1. The number of nitrogens with zero attached hydrogens (tertiary/aromatic N) is 1. The SMILES string of the molecule is CCC1=NCC(Cl)=C(O)N1. The second-order valence-electron chi connectivity index (χ2n) is 1.99. The van der Waals surface area contributed by atoms with Gasteiger partial charge in [-0.05, 0) is 0 Å². The lowest BCUT2D eigenvalue weighted by Crippen LogP contribution is -2.26. The standard InChI is InChI=1S/C6H9ClN2O/c1-2-5-8-3-4(7)6(10)9-5/h10H,2-3H2,1H3,(H,8,9). The smallest absolute Gasteiger partial charge is 0.206 e. The van der Waals surface area contributed by atoms with Crippen molar-refractivity contribution in [1.82, 2.24) is 5.32 Å². The molecule has 10 heavy (non-hydrogen) atoms. The van der Waals surface area contributed by atoms with Gasteiger partial charge in [0.15, 0.2) is 0 Å². The van der Waals surface area contributed by atoms with Crippen LogP contribution in [0.3, 0.4) is 0 Å². The van der Waals surface area contributed by atoms with E-state index in [4.69, 9.17) is 16.7 Å². The zero-order valence-electron chi connectivity index (χ0n) is 5.69. The fourth-order valence-corrected chi connectivity index (χ4v) is 0.791. The molecule has 0 spiro atoms. The summed E-state index contributed by atoms with van der Waals surface area (Å²) in [6.07, 6.45) is 0.786. The normalized spacial score (nSPS) is 18.4. The number of aliphatic hydroxyl groups is 1. The quantitative estimate of drug-likeness (QED) is 0.609. The Balaban J connectivity index is 2.63. The summed E-state index contributed by atoms with van der Waals surface area (Å²) in [6, 6.07) is 0. The van der Waals surface area contributed by atoms with Crippen molar-refractivity contribution >= 4 is 17.4 Å². The molecule has 0 aliphatic carbocycles. The molecule has 56 valence electrons. The van der Waals surface area contributed by atoms with E-state index in [1.54, 1.807) is 0 Å². The van der Waals surface area contributed by atoms with E-state index < -0.39 is 0 Å². The highest BCUT2D eigenvalue weighted by molar-refractivity contribution is 6.30. The molecule has 0 aromatic carbocycles. The second-order valence-corrected chi connectivity index (χ2v) is 2.45. The van der Waals surface area contributed by atoms with Crippen LogP contribution in [0.5, 0.6) is 0 Å². The van der Waals surface area contributed by atoms with Crippen molar-refractivity contribution in [3.05, 3.63) is 10.9 Å². The molecule has 0 atom stereocenters. The number of aliphatic hydroxyl groups excluding tert-OH is 1. The summed E-state index contributed by atoms with van der Waals surface area (Å²) in [6.45, 7) is 2.35. The highest BCUT2D eigenvalue weighted by Crippen LogP contribution is 2.09. The Labute approximate surface area is 64.4 Å². The Bertz CT molecular complexity index is 198. The molecule has 0 aromatic heterocycles. The minimum Gasteiger partial charge on any atom is -0.494 e. The largest absolute Gasteiger partial charge is 0.494 e. The number of amidine groups is 1. The monoisotopic (exact) mass is 160 g/mol. The molecule has 0 unspecified atom stereocenters. The zero-order chi connectivity index (χ0) is 7.56. The fraction of sp³-hybridized carbons (Fsp3) is 0.500. The third-order valence-electron chi connectivity index (χ3n) is 1.26. The lowest BCUT2D eigenvalue weighted by atomic mass is 10.4. The Morgan fingerprint density at radius 3 is 3.00 bits per heavy atom. The first-order valence-electron chi connectivity index (χ1n) is 3.12. The fourth-order valence-electron chi connectivity index (χ4n) is 0.684. The minimum absolute atomic E-state index is 0.0357. The molecule has 0 bridgehead atoms. The van der Waals surface area contributed by atoms with Gasteiger partial charge in [0.05, 0.1) is 11.6 Å². The predicted molar refractivity (Wildman–Crippen MR) is 41.2 cm³/mol. The number of rotatable bonds is 1. The van der Waals surface area contributed by atoms with Gasteiger partial charge in [-0.15, -0.1) is 0 Å². The summed E-state index contributed by atoms with van der Waals surface area (Å²) in [5, 5.41) is 12.1. The Kier molecular flexibility index (Phi) is 2.17. The van der Waals surface area contributed by atoms with E-state index in [0.717, 1.165) is 12.3 Å². The molecule has 0 saturated heterocycles. The molecule has 1 heterocycles. The van der Waals surface area contributed by atoms with E-state index in [0.29, 0.717) is 11.6 Å². The first-order valence-corrected chi connectivity index (χ1v) is 3.49. The van der Waals surface area contributed by atoms with Gasteiger partial charge in [0, 0.05) is 6.42 Å². The van der Waals surface area contributed by atoms with Crippen molar-refractivity contribution < 1.29 is 5.11 Å². The van der Waals surface area contributed by atoms with Gasteiger partial charge in [-0.3, -0.25) is 4.99 Å². The summed E-state index contributed by atoms with van der Waals surface area (Å²) in [7, 11) is 0. The van der Waals surface area contributed by atoms with Gasteiger partial charge in [0.2, 0.25) is 5.88 Å². The first-order chi connectivity index (χ1) is 4.74. The van der Waals surface area contributed by atoms with Crippen molar-refractivity contribution in [2.75, 3.05) is 6.54 Å². The lowest BCUT2D eigenvalue weighted by molar-refractivity contribution is 0.380. The summed E-state index contributed by atoms with van der Waals surface area (Å²) in [5.74, 6) is 0.815. The lowest BCUT2D eigenvalue weighted by Gasteiger charge is -2.12. The van der Waals surface area contributed by atoms with E-state index in [2.05, 4.69) is 10.3 Å². The van der Waals surface area contributed by atoms with Crippen LogP contribution in [0.15, 0.2) is 15.9 Å². The number of hydrogen-bond acceptors (Lipinski definition) is 3. The van der Waals surface area contributed by atoms with Gasteiger partial charge in [-0.2, -0.15) is 0 Å². The molecule has 0 amide bonds. The molecule has 4 heteroatoms. The molecule has 1 aliphatic heterocycles. The maximum atomic E-state index is 9.03. The van der Waals surface area contributed by atoms with E-state index in [1.165, 1.54) is 0 Å². The number of nitrogens with one attached hydrogen (secondary N) is 1. The van der Waals surface area contributed by atoms with Crippen LogP contribution >= 0.6 is 11.6 Å². The molecule has 1 aliphatic rings. The third kappa shape index (κ3) is 1.42. The topological polar surface area (TPSA) is 44.6 Å².